The van der Waals surface area contributed by atoms with Crippen molar-refractivity contribution in [2.24, 2.45) is 17.8 Å². The number of carbonyl (C=O) groups is 1. The smallest absolute Gasteiger partial charge is 0.330 e. The molecule has 0 aliphatic heterocycles. The van der Waals surface area contributed by atoms with E-state index in [-0.39, 0.29) is 10.1 Å². The predicted octanol–water partition coefficient (Wildman–Crippen LogP) is 4.73. The van der Waals surface area contributed by atoms with Gasteiger partial charge in [0.2, 0.25) is 0 Å². The zero-order valence-electron chi connectivity index (χ0n) is 13.9. The number of rotatable bonds is 6. The Morgan fingerprint density at radius 1 is 1.38 bits per heavy atom. The average molecular weight is 408 g/mol. The number of halogens is 1. The minimum Gasteiger partial charge on any atom is -0.463 e. The molecule has 0 aromatic rings. The maximum absolute atomic E-state index is 11.5. The van der Waals surface area contributed by atoms with Gasteiger partial charge in [0, 0.05) is 6.08 Å². The standard InChI is InChI=1S/C17H29IO3/c1-6-20-16(19)10-13(5)17(18)21-15-9-12(4)7-8-14(15)11(2)3/h10-12,14-15,17H,6-9H2,1-5H3/b13-10+. The summed E-state index contributed by atoms with van der Waals surface area (Å²) in [5.41, 5.74) is 0.926. The molecule has 0 radical (unpaired) electrons. The fourth-order valence-corrected chi connectivity index (χ4v) is 3.52. The lowest BCUT2D eigenvalue weighted by Gasteiger charge is -2.38. The third-order valence-corrected chi connectivity index (χ3v) is 5.52. The molecule has 1 aliphatic rings. The number of hydrogen-bond acceptors (Lipinski definition) is 3. The second-order valence-electron chi connectivity index (χ2n) is 6.46. The Labute approximate surface area is 143 Å². The Kier molecular flexibility index (Phi) is 8.24. The zero-order chi connectivity index (χ0) is 16.0. The van der Waals surface area contributed by atoms with Gasteiger partial charge in [-0.1, -0.05) is 27.2 Å². The van der Waals surface area contributed by atoms with Crippen molar-refractivity contribution < 1.29 is 14.3 Å². The van der Waals surface area contributed by atoms with Crippen molar-refractivity contribution in [2.75, 3.05) is 6.61 Å². The molecule has 0 amide bonds. The summed E-state index contributed by atoms with van der Waals surface area (Å²) in [4.78, 5) is 11.5. The normalized spacial score (nSPS) is 28.5. The summed E-state index contributed by atoms with van der Waals surface area (Å²) in [5, 5.41) is 0. The van der Waals surface area contributed by atoms with Crippen LogP contribution in [0.1, 0.15) is 53.9 Å². The molecule has 122 valence electrons. The van der Waals surface area contributed by atoms with E-state index in [0.717, 1.165) is 17.9 Å². The molecule has 1 fully saturated rings. The molecule has 1 rings (SSSR count). The van der Waals surface area contributed by atoms with Crippen LogP contribution in [0.4, 0.5) is 0 Å². The van der Waals surface area contributed by atoms with Gasteiger partial charge in [0.15, 0.2) is 0 Å². The fraction of sp³-hybridized carbons (Fsp3) is 0.824. The van der Waals surface area contributed by atoms with Crippen molar-refractivity contribution in [2.45, 2.75) is 64.1 Å². The monoisotopic (exact) mass is 408 g/mol. The van der Waals surface area contributed by atoms with E-state index in [9.17, 15) is 4.79 Å². The quantitative estimate of drug-likeness (QED) is 0.276. The van der Waals surface area contributed by atoms with Crippen LogP contribution < -0.4 is 0 Å². The van der Waals surface area contributed by atoms with Crippen molar-refractivity contribution in [3.05, 3.63) is 11.6 Å². The van der Waals surface area contributed by atoms with Gasteiger partial charge in [-0.05, 0) is 72.6 Å². The average Bonchev–Trinajstić information content (AvgIpc) is 2.38. The molecule has 4 heteroatoms. The minimum absolute atomic E-state index is 0.0662. The van der Waals surface area contributed by atoms with E-state index in [2.05, 4.69) is 43.4 Å². The van der Waals surface area contributed by atoms with E-state index in [1.807, 2.05) is 13.8 Å². The van der Waals surface area contributed by atoms with E-state index in [1.54, 1.807) is 6.08 Å². The first-order valence-electron chi connectivity index (χ1n) is 7.99. The van der Waals surface area contributed by atoms with E-state index >= 15 is 0 Å². The first-order valence-corrected chi connectivity index (χ1v) is 9.24. The Morgan fingerprint density at radius 3 is 2.62 bits per heavy atom. The van der Waals surface area contributed by atoms with Crippen LogP contribution >= 0.6 is 22.6 Å². The van der Waals surface area contributed by atoms with Crippen LogP contribution in [-0.2, 0) is 14.3 Å². The summed E-state index contributed by atoms with van der Waals surface area (Å²) in [7, 11) is 0. The SMILES string of the molecule is CCOC(=O)/C=C(\C)C(I)OC1CC(C)CCC1C(C)C. The fourth-order valence-electron chi connectivity index (χ4n) is 2.97. The van der Waals surface area contributed by atoms with Crippen LogP contribution in [-0.4, -0.2) is 22.8 Å². The topological polar surface area (TPSA) is 35.5 Å². The van der Waals surface area contributed by atoms with Gasteiger partial charge in [-0.25, -0.2) is 4.79 Å². The number of esters is 1. The van der Waals surface area contributed by atoms with Gasteiger partial charge in [-0.15, -0.1) is 0 Å². The van der Waals surface area contributed by atoms with E-state index in [1.165, 1.54) is 12.8 Å². The van der Waals surface area contributed by atoms with Gasteiger partial charge in [0.25, 0.3) is 0 Å². The molecule has 4 atom stereocenters. The maximum Gasteiger partial charge on any atom is 0.330 e. The van der Waals surface area contributed by atoms with Gasteiger partial charge in [0.05, 0.1) is 12.7 Å². The first-order chi connectivity index (χ1) is 9.85. The summed E-state index contributed by atoms with van der Waals surface area (Å²) in [6.45, 7) is 11.0. The molecular formula is C17H29IO3. The van der Waals surface area contributed by atoms with E-state index in [0.29, 0.717) is 24.5 Å². The lowest BCUT2D eigenvalue weighted by molar-refractivity contribution is -0.137. The van der Waals surface area contributed by atoms with Crippen molar-refractivity contribution in [1.29, 1.82) is 0 Å². The lowest BCUT2D eigenvalue weighted by Crippen LogP contribution is -2.36. The summed E-state index contributed by atoms with van der Waals surface area (Å²) >= 11 is 2.27. The van der Waals surface area contributed by atoms with Crippen LogP contribution in [0.25, 0.3) is 0 Å². The molecule has 1 saturated carbocycles. The van der Waals surface area contributed by atoms with Crippen LogP contribution in [0.3, 0.4) is 0 Å². The molecule has 0 aromatic carbocycles. The van der Waals surface area contributed by atoms with E-state index < -0.39 is 0 Å². The first kappa shape index (κ1) is 18.9. The summed E-state index contributed by atoms with van der Waals surface area (Å²) in [6.07, 6.45) is 5.51. The molecule has 0 N–H and O–H groups in total. The number of hydrogen-bond donors (Lipinski definition) is 0. The molecule has 1 aliphatic carbocycles. The van der Waals surface area contributed by atoms with Gasteiger partial charge in [-0.3, -0.25) is 0 Å². The van der Waals surface area contributed by atoms with Crippen LogP contribution in [0.5, 0.6) is 0 Å². The van der Waals surface area contributed by atoms with Crippen LogP contribution in [0.2, 0.25) is 0 Å². The molecule has 0 heterocycles. The Bertz CT molecular complexity index is 365. The van der Waals surface area contributed by atoms with Gasteiger partial charge >= 0.3 is 5.97 Å². The molecule has 0 aromatic heterocycles. The zero-order valence-corrected chi connectivity index (χ0v) is 16.1. The second-order valence-corrected chi connectivity index (χ2v) is 7.59. The third-order valence-electron chi connectivity index (χ3n) is 4.25. The predicted molar refractivity (Wildman–Crippen MR) is 94.4 cm³/mol. The third kappa shape index (κ3) is 6.27. The van der Waals surface area contributed by atoms with Gasteiger partial charge in [0.1, 0.15) is 4.11 Å². The molecule has 0 saturated heterocycles. The van der Waals surface area contributed by atoms with Crippen molar-refractivity contribution in [1.82, 2.24) is 0 Å². The Hall–Kier alpha value is -0.100. The van der Waals surface area contributed by atoms with E-state index in [4.69, 9.17) is 9.47 Å². The highest BCUT2D eigenvalue weighted by Gasteiger charge is 2.32. The minimum atomic E-state index is -0.280. The molecule has 21 heavy (non-hydrogen) atoms. The van der Waals surface area contributed by atoms with Crippen LogP contribution in [0, 0.1) is 17.8 Å². The van der Waals surface area contributed by atoms with Gasteiger partial charge < -0.3 is 9.47 Å². The highest BCUT2D eigenvalue weighted by Crippen LogP contribution is 2.37. The Morgan fingerprint density at radius 2 is 2.05 bits per heavy atom. The molecule has 0 bridgehead atoms. The van der Waals surface area contributed by atoms with Crippen molar-refractivity contribution >= 4 is 28.6 Å². The molecular weight excluding hydrogens is 379 g/mol. The number of alkyl halides is 1. The van der Waals surface area contributed by atoms with Crippen molar-refractivity contribution in [3.63, 3.8) is 0 Å². The number of ether oxygens (including phenoxy) is 2. The maximum atomic E-state index is 11.5. The highest BCUT2D eigenvalue weighted by atomic mass is 127. The summed E-state index contributed by atoms with van der Waals surface area (Å²) < 4.78 is 11.2. The highest BCUT2D eigenvalue weighted by molar-refractivity contribution is 14.1. The summed E-state index contributed by atoms with van der Waals surface area (Å²) in [5.74, 6) is 1.70. The molecule has 0 spiro atoms. The summed E-state index contributed by atoms with van der Waals surface area (Å²) in [6, 6.07) is 0. The molecule has 3 nitrogen and oxygen atoms in total. The lowest BCUT2D eigenvalue weighted by atomic mass is 9.75. The number of carbonyl (C=O) groups excluding carboxylic acids is 1. The second kappa shape index (κ2) is 9.13. The van der Waals surface area contributed by atoms with Crippen molar-refractivity contribution in [3.8, 4) is 0 Å². The Balaban J connectivity index is 2.65. The van der Waals surface area contributed by atoms with Gasteiger partial charge in [-0.2, -0.15) is 0 Å². The van der Waals surface area contributed by atoms with Crippen LogP contribution in [0.15, 0.2) is 11.6 Å². The largest absolute Gasteiger partial charge is 0.463 e. The molecule has 4 unspecified atom stereocenters.